The summed E-state index contributed by atoms with van der Waals surface area (Å²) in [5.74, 6) is 0.313. The summed E-state index contributed by atoms with van der Waals surface area (Å²) in [6, 6.07) is 0. The van der Waals surface area contributed by atoms with Crippen molar-refractivity contribution in [3.63, 3.8) is 0 Å². The maximum absolute atomic E-state index is 12.2. The van der Waals surface area contributed by atoms with Crippen LogP contribution < -0.4 is 0 Å². The van der Waals surface area contributed by atoms with Gasteiger partial charge < -0.3 is 14.5 Å². The number of carbonyl (C=O) groups excluding carboxylic acids is 1. The van der Waals surface area contributed by atoms with Gasteiger partial charge in [0.05, 0.1) is 6.61 Å². The Morgan fingerprint density at radius 1 is 0.842 bits per heavy atom. The van der Waals surface area contributed by atoms with Crippen molar-refractivity contribution in [2.45, 2.75) is 44.9 Å². The first-order valence-corrected chi connectivity index (χ1v) is 7.94. The summed E-state index contributed by atoms with van der Waals surface area (Å²) in [7, 11) is 0. The van der Waals surface area contributed by atoms with E-state index in [-0.39, 0.29) is 0 Å². The molecule has 0 saturated carbocycles. The van der Waals surface area contributed by atoms with Gasteiger partial charge in [-0.2, -0.15) is 0 Å². The van der Waals surface area contributed by atoms with E-state index < -0.39 is 0 Å². The summed E-state index contributed by atoms with van der Waals surface area (Å²) in [6.07, 6.45) is 8.36. The Bertz CT molecular complexity index is 255. The molecular formula is C15H28N2O2. The molecule has 2 fully saturated rings. The van der Waals surface area contributed by atoms with Crippen molar-refractivity contribution < 1.29 is 9.53 Å². The van der Waals surface area contributed by atoms with Crippen LogP contribution in [0.1, 0.15) is 44.9 Å². The van der Waals surface area contributed by atoms with Crippen LogP contribution in [0.5, 0.6) is 0 Å². The fraction of sp³-hybridized carbons (Fsp3) is 0.933. The minimum Gasteiger partial charge on any atom is -0.380 e. The molecule has 1 amide bonds. The molecule has 2 aliphatic heterocycles. The number of hydrogen-bond donors (Lipinski definition) is 0. The van der Waals surface area contributed by atoms with Crippen LogP contribution in [0.15, 0.2) is 0 Å². The van der Waals surface area contributed by atoms with Crippen molar-refractivity contribution in [3.05, 3.63) is 0 Å². The zero-order valence-corrected chi connectivity index (χ0v) is 12.1. The lowest BCUT2D eigenvalue weighted by molar-refractivity contribution is -0.131. The molecule has 2 heterocycles. The summed E-state index contributed by atoms with van der Waals surface area (Å²) < 4.78 is 5.40. The minimum absolute atomic E-state index is 0.313. The number of rotatable bonds is 3. The molecule has 0 unspecified atom stereocenters. The van der Waals surface area contributed by atoms with Gasteiger partial charge in [0.25, 0.3) is 0 Å². The number of hydrogen-bond acceptors (Lipinski definition) is 3. The van der Waals surface area contributed by atoms with Crippen molar-refractivity contribution in [3.8, 4) is 0 Å². The molecule has 2 aliphatic rings. The van der Waals surface area contributed by atoms with E-state index in [9.17, 15) is 4.79 Å². The average molecular weight is 268 g/mol. The molecule has 19 heavy (non-hydrogen) atoms. The smallest absolute Gasteiger partial charge is 0.223 e. The van der Waals surface area contributed by atoms with Gasteiger partial charge in [-0.3, -0.25) is 4.79 Å². The molecule has 0 spiro atoms. The van der Waals surface area contributed by atoms with Gasteiger partial charge in [-0.05, 0) is 32.4 Å². The van der Waals surface area contributed by atoms with Gasteiger partial charge in [0, 0.05) is 32.7 Å². The van der Waals surface area contributed by atoms with Crippen LogP contribution in [0.3, 0.4) is 0 Å². The molecule has 0 aliphatic carbocycles. The van der Waals surface area contributed by atoms with Gasteiger partial charge in [-0.25, -0.2) is 0 Å². The van der Waals surface area contributed by atoms with Gasteiger partial charge in [0.2, 0.25) is 5.91 Å². The topological polar surface area (TPSA) is 32.8 Å². The molecule has 0 aromatic rings. The van der Waals surface area contributed by atoms with E-state index >= 15 is 0 Å². The van der Waals surface area contributed by atoms with Crippen molar-refractivity contribution in [2.75, 3.05) is 45.9 Å². The molecule has 0 bridgehead atoms. The molecule has 2 rings (SSSR count). The maximum atomic E-state index is 12.2. The van der Waals surface area contributed by atoms with Crippen molar-refractivity contribution >= 4 is 5.91 Å². The number of carbonyl (C=O) groups is 1. The average Bonchev–Trinajstić information content (AvgIpc) is 2.66. The van der Waals surface area contributed by atoms with E-state index in [4.69, 9.17) is 4.74 Å². The SMILES string of the molecule is O=C(CCN1CCCCCCC1)N1CCCOCC1. The Balaban J connectivity index is 1.69. The van der Waals surface area contributed by atoms with Crippen molar-refractivity contribution in [1.29, 1.82) is 0 Å². The van der Waals surface area contributed by atoms with E-state index in [1.165, 1.54) is 45.2 Å². The van der Waals surface area contributed by atoms with Crippen LogP contribution in [0, 0.1) is 0 Å². The zero-order chi connectivity index (χ0) is 13.3. The third-order valence-electron chi connectivity index (χ3n) is 4.17. The highest BCUT2D eigenvalue weighted by Gasteiger charge is 2.17. The van der Waals surface area contributed by atoms with Crippen LogP contribution in [-0.2, 0) is 9.53 Å². The first-order chi connectivity index (χ1) is 9.36. The lowest BCUT2D eigenvalue weighted by Gasteiger charge is -2.26. The fourth-order valence-corrected chi connectivity index (χ4v) is 2.94. The second-order valence-corrected chi connectivity index (χ2v) is 5.71. The minimum atomic E-state index is 0.313. The van der Waals surface area contributed by atoms with E-state index in [0.717, 1.165) is 32.7 Å². The van der Waals surface area contributed by atoms with E-state index in [0.29, 0.717) is 18.9 Å². The maximum Gasteiger partial charge on any atom is 0.223 e. The summed E-state index contributed by atoms with van der Waals surface area (Å²) in [5, 5.41) is 0. The Morgan fingerprint density at radius 3 is 2.37 bits per heavy atom. The molecule has 4 nitrogen and oxygen atoms in total. The summed E-state index contributed by atoms with van der Waals surface area (Å²) in [4.78, 5) is 16.7. The summed E-state index contributed by atoms with van der Waals surface area (Å²) >= 11 is 0. The van der Waals surface area contributed by atoms with Crippen LogP contribution in [0.4, 0.5) is 0 Å². The standard InChI is InChI=1S/C15H28N2O2/c18-15(17-10-6-13-19-14-12-17)7-11-16-8-4-2-1-3-5-9-16/h1-14H2. The first-order valence-electron chi connectivity index (χ1n) is 7.94. The van der Waals surface area contributed by atoms with Crippen LogP contribution in [0.2, 0.25) is 0 Å². The molecule has 4 heteroatoms. The van der Waals surface area contributed by atoms with E-state index in [2.05, 4.69) is 4.90 Å². The van der Waals surface area contributed by atoms with E-state index in [1.807, 2.05) is 4.90 Å². The molecule has 0 atom stereocenters. The second-order valence-electron chi connectivity index (χ2n) is 5.71. The number of nitrogens with zero attached hydrogens (tertiary/aromatic N) is 2. The number of ether oxygens (including phenoxy) is 1. The van der Waals surface area contributed by atoms with Gasteiger partial charge in [0.1, 0.15) is 0 Å². The number of likely N-dealkylation sites (tertiary alicyclic amines) is 1. The predicted molar refractivity (Wildman–Crippen MR) is 76.2 cm³/mol. The molecule has 110 valence electrons. The molecule has 0 aromatic carbocycles. The van der Waals surface area contributed by atoms with Gasteiger partial charge in [-0.1, -0.05) is 19.3 Å². The Hall–Kier alpha value is -0.610. The van der Waals surface area contributed by atoms with E-state index in [1.54, 1.807) is 0 Å². The number of amides is 1. The van der Waals surface area contributed by atoms with Crippen molar-refractivity contribution in [1.82, 2.24) is 9.80 Å². The third kappa shape index (κ3) is 5.49. The quantitative estimate of drug-likeness (QED) is 0.783. The molecular weight excluding hydrogens is 240 g/mol. The Morgan fingerprint density at radius 2 is 1.58 bits per heavy atom. The highest BCUT2D eigenvalue weighted by Crippen LogP contribution is 2.11. The summed E-state index contributed by atoms with van der Waals surface area (Å²) in [5.41, 5.74) is 0. The van der Waals surface area contributed by atoms with Gasteiger partial charge >= 0.3 is 0 Å². The van der Waals surface area contributed by atoms with Crippen molar-refractivity contribution in [2.24, 2.45) is 0 Å². The van der Waals surface area contributed by atoms with Gasteiger partial charge in [-0.15, -0.1) is 0 Å². The largest absolute Gasteiger partial charge is 0.380 e. The van der Waals surface area contributed by atoms with Crippen LogP contribution >= 0.6 is 0 Å². The third-order valence-corrected chi connectivity index (χ3v) is 4.17. The lowest BCUT2D eigenvalue weighted by atomic mass is 10.1. The Kier molecular flexibility index (Phi) is 6.65. The normalized spacial score (nSPS) is 23.5. The predicted octanol–water partition coefficient (Wildman–Crippen LogP) is 1.89. The molecule has 0 radical (unpaired) electrons. The molecule has 2 saturated heterocycles. The second kappa shape index (κ2) is 8.54. The Labute approximate surface area is 117 Å². The first kappa shape index (κ1) is 14.8. The highest BCUT2D eigenvalue weighted by molar-refractivity contribution is 5.76. The van der Waals surface area contributed by atoms with Crippen LogP contribution in [0.25, 0.3) is 0 Å². The lowest BCUT2D eigenvalue weighted by Crippen LogP contribution is -2.37. The summed E-state index contributed by atoms with van der Waals surface area (Å²) in [6.45, 7) is 6.45. The monoisotopic (exact) mass is 268 g/mol. The molecule has 0 N–H and O–H groups in total. The fourth-order valence-electron chi connectivity index (χ4n) is 2.94. The van der Waals surface area contributed by atoms with Crippen LogP contribution in [-0.4, -0.2) is 61.6 Å². The zero-order valence-electron chi connectivity index (χ0n) is 12.1. The van der Waals surface area contributed by atoms with Gasteiger partial charge in [0.15, 0.2) is 0 Å². The molecule has 0 aromatic heterocycles. The highest BCUT2D eigenvalue weighted by atomic mass is 16.5.